The summed E-state index contributed by atoms with van der Waals surface area (Å²) in [5.41, 5.74) is 14.9. The molecule has 3 heteroatoms. The van der Waals surface area contributed by atoms with Gasteiger partial charge in [-0.2, -0.15) is 0 Å². The molecule has 0 saturated carbocycles. The molecule has 0 N–H and O–H groups in total. The van der Waals surface area contributed by atoms with Gasteiger partial charge >= 0.3 is 0 Å². The number of hydrogen-bond acceptors (Lipinski definition) is 3. The van der Waals surface area contributed by atoms with E-state index in [4.69, 9.17) is 4.42 Å². The molecule has 10 aromatic carbocycles. The summed E-state index contributed by atoms with van der Waals surface area (Å²) in [6.45, 7) is 0. The Hall–Kier alpha value is -8.14. The third-order valence-electron chi connectivity index (χ3n) is 11.6. The van der Waals surface area contributed by atoms with Gasteiger partial charge in [0.15, 0.2) is 0 Å². The van der Waals surface area contributed by atoms with Crippen molar-refractivity contribution in [2.45, 2.75) is 0 Å². The van der Waals surface area contributed by atoms with Crippen LogP contribution in [-0.2, 0) is 0 Å². The monoisotopic (exact) mass is 780 g/mol. The summed E-state index contributed by atoms with van der Waals surface area (Å²) >= 11 is 0. The van der Waals surface area contributed by atoms with Gasteiger partial charge in [-0.25, -0.2) is 0 Å². The number of anilines is 6. The van der Waals surface area contributed by atoms with E-state index in [1.54, 1.807) is 0 Å². The van der Waals surface area contributed by atoms with Crippen LogP contribution < -0.4 is 9.80 Å². The molecule has 0 spiro atoms. The predicted octanol–water partition coefficient (Wildman–Crippen LogP) is 16.7. The normalized spacial score (nSPS) is 11.3. The van der Waals surface area contributed by atoms with E-state index in [1.807, 2.05) is 0 Å². The van der Waals surface area contributed by atoms with Gasteiger partial charge in [0.2, 0.25) is 0 Å². The van der Waals surface area contributed by atoms with Crippen LogP contribution in [-0.4, -0.2) is 0 Å². The molecule has 0 aliphatic heterocycles. The summed E-state index contributed by atoms with van der Waals surface area (Å²) in [4.78, 5) is 4.81. The van der Waals surface area contributed by atoms with Crippen molar-refractivity contribution < 1.29 is 4.42 Å². The minimum atomic E-state index is 0.823. The van der Waals surface area contributed by atoms with Crippen molar-refractivity contribution >= 4 is 66.8 Å². The van der Waals surface area contributed by atoms with Gasteiger partial charge in [-0.15, -0.1) is 0 Å². The summed E-state index contributed by atoms with van der Waals surface area (Å²) in [7, 11) is 0. The number of benzene rings is 10. The number of furan rings is 1. The molecule has 11 aromatic rings. The van der Waals surface area contributed by atoms with Gasteiger partial charge in [-0.05, 0) is 105 Å². The van der Waals surface area contributed by atoms with E-state index in [9.17, 15) is 0 Å². The molecule has 3 nitrogen and oxygen atoms in total. The fourth-order valence-corrected chi connectivity index (χ4v) is 8.79. The molecule has 0 aliphatic carbocycles. The van der Waals surface area contributed by atoms with Crippen molar-refractivity contribution in [3.05, 3.63) is 243 Å². The lowest BCUT2D eigenvalue weighted by molar-refractivity contribution is 0.672. The van der Waals surface area contributed by atoms with E-state index in [0.29, 0.717) is 0 Å². The molecule has 1 aromatic heterocycles. The predicted molar refractivity (Wildman–Crippen MR) is 257 cm³/mol. The summed E-state index contributed by atoms with van der Waals surface area (Å²) in [5, 5.41) is 4.33. The fraction of sp³-hybridized carbons (Fsp3) is 0. The summed E-state index contributed by atoms with van der Waals surface area (Å²) in [5.74, 6) is 0. The second-order valence-electron chi connectivity index (χ2n) is 15.3. The van der Waals surface area contributed by atoms with Crippen molar-refractivity contribution in [2.75, 3.05) is 9.80 Å². The molecule has 1 heterocycles. The van der Waals surface area contributed by atoms with Crippen LogP contribution in [0.25, 0.3) is 66.1 Å². The molecule has 61 heavy (non-hydrogen) atoms. The molecule has 288 valence electrons. The van der Waals surface area contributed by atoms with Gasteiger partial charge in [-0.3, -0.25) is 0 Å². The van der Waals surface area contributed by atoms with Crippen molar-refractivity contribution in [3.8, 4) is 33.4 Å². The Kier molecular flexibility index (Phi) is 9.18. The average molecular weight is 781 g/mol. The molecule has 0 radical (unpaired) electrons. The highest BCUT2D eigenvalue weighted by molar-refractivity contribution is 6.22. The second kappa shape index (κ2) is 15.6. The second-order valence-corrected chi connectivity index (χ2v) is 15.3. The van der Waals surface area contributed by atoms with E-state index in [-0.39, 0.29) is 0 Å². The van der Waals surface area contributed by atoms with Gasteiger partial charge in [0.1, 0.15) is 11.2 Å². The molecule has 0 fully saturated rings. The van der Waals surface area contributed by atoms with Crippen LogP contribution in [0.3, 0.4) is 0 Å². The average Bonchev–Trinajstić information content (AvgIpc) is 3.73. The van der Waals surface area contributed by atoms with E-state index >= 15 is 0 Å². The van der Waals surface area contributed by atoms with Crippen LogP contribution in [0.2, 0.25) is 0 Å². The first-order chi connectivity index (χ1) is 30.3. The van der Waals surface area contributed by atoms with E-state index in [2.05, 4.69) is 252 Å². The van der Waals surface area contributed by atoms with Crippen LogP contribution in [0, 0.1) is 0 Å². The van der Waals surface area contributed by atoms with Crippen LogP contribution >= 0.6 is 0 Å². The van der Waals surface area contributed by atoms with Crippen LogP contribution in [0.4, 0.5) is 34.1 Å². The molecule has 0 bridgehead atoms. The number of nitrogens with zero attached hydrogens (tertiary/aromatic N) is 2. The maximum atomic E-state index is 6.95. The summed E-state index contributed by atoms with van der Waals surface area (Å²) < 4.78 is 6.95. The van der Waals surface area contributed by atoms with Gasteiger partial charge in [-0.1, -0.05) is 176 Å². The van der Waals surface area contributed by atoms with E-state index in [0.717, 1.165) is 83.5 Å². The number of rotatable bonds is 9. The molecule has 11 rings (SSSR count). The third kappa shape index (κ3) is 6.59. The highest BCUT2D eigenvalue weighted by Crippen LogP contribution is 2.52. The van der Waals surface area contributed by atoms with Crippen LogP contribution in [0.5, 0.6) is 0 Å². The molecular weight excluding hydrogens is 741 g/mol. The largest absolute Gasteiger partial charge is 0.455 e. The Bertz CT molecular complexity index is 3270. The first kappa shape index (κ1) is 36.0. The topological polar surface area (TPSA) is 19.6 Å². The summed E-state index contributed by atoms with van der Waals surface area (Å²) in [6, 6.07) is 86.5. The van der Waals surface area contributed by atoms with Crippen molar-refractivity contribution in [3.63, 3.8) is 0 Å². The summed E-state index contributed by atoms with van der Waals surface area (Å²) in [6.07, 6.45) is 0. The Labute approximate surface area is 355 Å². The van der Waals surface area contributed by atoms with Crippen LogP contribution in [0.15, 0.2) is 247 Å². The van der Waals surface area contributed by atoms with Gasteiger partial charge < -0.3 is 14.2 Å². The SMILES string of the molecule is c1ccc(-c2ccc(N(c3ccccc3)c3c(N(c4ccccc4)c4ccc(-c5ccccc5)c(-c5ccccc5)c4)ccc4oc5c6ccccc6ccc5c34)cc2)cc1. The minimum Gasteiger partial charge on any atom is -0.455 e. The molecule has 0 unspecified atom stereocenters. The van der Waals surface area contributed by atoms with Gasteiger partial charge in [0.25, 0.3) is 0 Å². The smallest absolute Gasteiger partial charge is 0.143 e. The molecule has 0 aliphatic rings. The van der Waals surface area contributed by atoms with Crippen molar-refractivity contribution in [1.82, 2.24) is 0 Å². The van der Waals surface area contributed by atoms with Gasteiger partial charge in [0, 0.05) is 33.5 Å². The van der Waals surface area contributed by atoms with E-state index < -0.39 is 0 Å². The highest BCUT2D eigenvalue weighted by Gasteiger charge is 2.28. The fourth-order valence-electron chi connectivity index (χ4n) is 8.79. The lowest BCUT2D eigenvalue weighted by Gasteiger charge is -2.34. The number of para-hydroxylation sites is 2. The molecule has 0 saturated heterocycles. The molecule has 0 atom stereocenters. The number of fused-ring (bicyclic) bond motifs is 5. The highest BCUT2D eigenvalue weighted by atomic mass is 16.3. The lowest BCUT2D eigenvalue weighted by atomic mass is 9.93. The minimum absolute atomic E-state index is 0.823. The Morgan fingerprint density at radius 2 is 0.820 bits per heavy atom. The zero-order chi connectivity index (χ0) is 40.5. The van der Waals surface area contributed by atoms with Crippen molar-refractivity contribution in [1.29, 1.82) is 0 Å². The molecule has 0 amide bonds. The number of hydrogen-bond donors (Lipinski definition) is 0. The maximum Gasteiger partial charge on any atom is 0.143 e. The Balaban J connectivity index is 1.23. The van der Waals surface area contributed by atoms with Crippen molar-refractivity contribution in [2.24, 2.45) is 0 Å². The molecular formula is C58H40N2O. The first-order valence-corrected chi connectivity index (χ1v) is 20.8. The Morgan fingerprint density at radius 3 is 1.48 bits per heavy atom. The van der Waals surface area contributed by atoms with E-state index in [1.165, 1.54) is 16.7 Å². The standard InChI is InChI=1S/C58H40N2O/c1-6-18-41(19-7-1)42-30-33-48(34-31-42)60(47-27-14-5-15-28-47)57-54(38-39-55-56(57)52-36-32-45-24-16-17-29-51(45)58(52)61-55)59(46-25-12-4-13-26-46)49-35-37-50(43-20-8-2-9-21-43)53(40-49)44-22-10-3-11-23-44/h1-40H. The third-order valence-corrected chi connectivity index (χ3v) is 11.6. The zero-order valence-electron chi connectivity index (χ0n) is 33.4. The van der Waals surface area contributed by atoms with Crippen LogP contribution in [0.1, 0.15) is 0 Å². The van der Waals surface area contributed by atoms with Gasteiger partial charge in [0.05, 0.1) is 16.8 Å². The zero-order valence-corrected chi connectivity index (χ0v) is 33.4. The maximum absolute atomic E-state index is 6.95. The quantitative estimate of drug-likeness (QED) is 0.145. The first-order valence-electron chi connectivity index (χ1n) is 20.8. The lowest BCUT2D eigenvalue weighted by Crippen LogP contribution is -2.17. The Morgan fingerprint density at radius 1 is 0.311 bits per heavy atom.